The van der Waals surface area contributed by atoms with Crippen LogP contribution in [-0.2, 0) is 14.3 Å². The summed E-state index contributed by atoms with van der Waals surface area (Å²) in [5, 5.41) is 0. The number of aromatic nitrogens is 2. The number of H-pyrrole nitrogens is 1. The molecule has 1 aliphatic rings. The molecule has 1 saturated heterocycles. The van der Waals surface area contributed by atoms with Crippen LogP contribution in [0, 0.1) is 12.8 Å². The number of carbonyl (C=O) groups is 1. The molecule has 1 aromatic rings. The van der Waals surface area contributed by atoms with Gasteiger partial charge < -0.3 is 15.2 Å². The molecular formula is C14H21N3O5. The van der Waals surface area contributed by atoms with E-state index in [9.17, 15) is 14.4 Å². The fraction of sp³-hybridized carbons (Fsp3) is 0.643. The van der Waals surface area contributed by atoms with Crippen LogP contribution in [0.15, 0.2) is 15.8 Å². The lowest BCUT2D eigenvalue weighted by molar-refractivity contribution is -0.142. The van der Waals surface area contributed by atoms with E-state index < -0.39 is 17.5 Å². The van der Waals surface area contributed by atoms with Crippen molar-refractivity contribution in [2.24, 2.45) is 11.7 Å². The normalized spacial score (nSPS) is 24.4. The van der Waals surface area contributed by atoms with Crippen LogP contribution >= 0.6 is 0 Å². The second-order valence-corrected chi connectivity index (χ2v) is 5.46. The van der Waals surface area contributed by atoms with Crippen molar-refractivity contribution >= 4 is 5.97 Å². The fourth-order valence-electron chi connectivity index (χ4n) is 2.74. The number of hydrogen-bond acceptors (Lipinski definition) is 6. The van der Waals surface area contributed by atoms with Crippen LogP contribution in [0.4, 0.5) is 0 Å². The van der Waals surface area contributed by atoms with E-state index in [1.54, 1.807) is 6.92 Å². The molecule has 1 fully saturated rings. The smallest absolute Gasteiger partial charge is 0.330 e. The Hall–Kier alpha value is -1.93. The molecule has 0 aliphatic carbocycles. The fourth-order valence-corrected chi connectivity index (χ4v) is 2.74. The molecular weight excluding hydrogens is 290 g/mol. The van der Waals surface area contributed by atoms with Crippen molar-refractivity contribution < 1.29 is 14.3 Å². The maximum absolute atomic E-state index is 11.9. The van der Waals surface area contributed by atoms with Crippen LogP contribution in [0.5, 0.6) is 0 Å². The largest absolute Gasteiger partial charge is 0.469 e. The van der Waals surface area contributed by atoms with E-state index in [4.69, 9.17) is 15.2 Å². The Kier molecular flexibility index (Phi) is 5.15. The first-order chi connectivity index (χ1) is 10.5. The van der Waals surface area contributed by atoms with E-state index in [2.05, 4.69) is 4.98 Å². The molecule has 0 saturated carbocycles. The number of rotatable bonds is 5. The number of hydrogen-bond donors (Lipinski definition) is 2. The molecule has 122 valence electrons. The first kappa shape index (κ1) is 16.4. The van der Waals surface area contributed by atoms with E-state index >= 15 is 0 Å². The summed E-state index contributed by atoms with van der Waals surface area (Å²) in [5.41, 5.74) is 5.07. The summed E-state index contributed by atoms with van der Waals surface area (Å²) in [6.07, 6.45) is 2.04. The summed E-state index contributed by atoms with van der Waals surface area (Å²) < 4.78 is 11.9. The summed E-state index contributed by atoms with van der Waals surface area (Å²) in [5.74, 6) is -0.388. The summed E-state index contributed by atoms with van der Waals surface area (Å²) in [4.78, 5) is 37.1. The van der Waals surface area contributed by atoms with Crippen molar-refractivity contribution in [3.8, 4) is 0 Å². The first-order valence-corrected chi connectivity index (χ1v) is 7.20. The third kappa shape index (κ3) is 3.45. The molecule has 8 nitrogen and oxygen atoms in total. The number of aryl methyl sites for hydroxylation is 1. The first-order valence-electron chi connectivity index (χ1n) is 7.20. The minimum Gasteiger partial charge on any atom is -0.469 e. The van der Waals surface area contributed by atoms with Gasteiger partial charge in [-0.25, -0.2) is 4.79 Å². The van der Waals surface area contributed by atoms with Crippen molar-refractivity contribution in [1.29, 1.82) is 0 Å². The minimum atomic E-state index is -0.522. The highest BCUT2D eigenvalue weighted by molar-refractivity contribution is 5.69. The summed E-state index contributed by atoms with van der Waals surface area (Å²) in [7, 11) is 1.34. The van der Waals surface area contributed by atoms with Gasteiger partial charge in [-0.1, -0.05) is 0 Å². The van der Waals surface area contributed by atoms with Gasteiger partial charge in [0.15, 0.2) is 0 Å². The number of nitrogens with zero attached hydrogens (tertiary/aromatic N) is 1. The molecule has 2 rings (SSSR count). The Morgan fingerprint density at radius 2 is 2.27 bits per heavy atom. The Balaban J connectivity index is 2.23. The van der Waals surface area contributed by atoms with Gasteiger partial charge in [0.25, 0.3) is 5.56 Å². The van der Waals surface area contributed by atoms with Gasteiger partial charge in [0, 0.05) is 11.8 Å². The zero-order chi connectivity index (χ0) is 16.3. The number of esters is 1. The molecule has 1 aliphatic heterocycles. The van der Waals surface area contributed by atoms with Crippen molar-refractivity contribution in [2.45, 2.75) is 38.5 Å². The Morgan fingerprint density at radius 1 is 1.55 bits per heavy atom. The lowest BCUT2D eigenvalue weighted by Gasteiger charge is -2.17. The molecule has 0 unspecified atom stereocenters. The van der Waals surface area contributed by atoms with Crippen molar-refractivity contribution in [3.63, 3.8) is 0 Å². The number of nitrogens with two attached hydrogens (primary N) is 1. The highest BCUT2D eigenvalue weighted by atomic mass is 16.5. The zero-order valence-electron chi connectivity index (χ0n) is 12.7. The van der Waals surface area contributed by atoms with Crippen LogP contribution in [0.2, 0.25) is 0 Å². The predicted molar refractivity (Wildman–Crippen MR) is 78.4 cm³/mol. The number of ether oxygens (including phenoxy) is 2. The SMILES string of the molecule is COC(=O)C[C@H]1C[C@H](n2cc(C)c(=O)[nH]c2=O)O[C@@H]1CCN. The molecule has 0 radical (unpaired) electrons. The van der Waals surface area contributed by atoms with E-state index in [1.807, 2.05) is 0 Å². The third-order valence-electron chi connectivity index (χ3n) is 3.93. The van der Waals surface area contributed by atoms with Crippen LogP contribution in [0.25, 0.3) is 0 Å². The van der Waals surface area contributed by atoms with Gasteiger partial charge in [-0.2, -0.15) is 0 Å². The molecule has 22 heavy (non-hydrogen) atoms. The Labute approximate surface area is 127 Å². The molecule has 0 bridgehead atoms. The van der Waals surface area contributed by atoms with E-state index in [-0.39, 0.29) is 24.4 Å². The lowest BCUT2D eigenvalue weighted by Crippen LogP contribution is -2.33. The molecule has 3 N–H and O–H groups in total. The molecule has 3 atom stereocenters. The molecule has 8 heteroatoms. The van der Waals surface area contributed by atoms with Crippen molar-refractivity contribution in [1.82, 2.24) is 9.55 Å². The predicted octanol–water partition coefficient (Wildman–Crippen LogP) is -0.339. The molecule has 2 heterocycles. The number of aromatic amines is 1. The van der Waals surface area contributed by atoms with E-state index in [0.717, 1.165) is 0 Å². The highest BCUT2D eigenvalue weighted by Crippen LogP contribution is 2.36. The van der Waals surface area contributed by atoms with Crippen LogP contribution in [0.1, 0.15) is 31.1 Å². The average Bonchev–Trinajstić information content (AvgIpc) is 2.86. The number of carbonyl (C=O) groups excluding carboxylic acids is 1. The van der Waals surface area contributed by atoms with Gasteiger partial charge in [0.05, 0.1) is 19.6 Å². The summed E-state index contributed by atoms with van der Waals surface area (Å²) in [6.45, 7) is 2.04. The van der Waals surface area contributed by atoms with E-state index in [1.165, 1.54) is 17.9 Å². The summed E-state index contributed by atoms with van der Waals surface area (Å²) >= 11 is 0. The maximum atomic E-state index is 11.9. The second-order valence-electron chi connectivity index (χ2n) is 5.46. The minimum absolute atomic E-state index is 0.0693. The number of nitrogens with one attached hydrogen (secondary N) is 1. The van der Waals surface area contributed by atoms with E-state index in [0.29, 0.717) is 24.9 Å². The van der Waals surface area contributed by atoms with Gasteiger partial charge in [0.1, 0.15) is 6.23 Å². The van der Waals surface area contributed by atoms with Gasteiger partial charge in [-0.3, -0.25) is 19.1 Å². The van der Waals surface area contributed by atoms with Gasteiger partial charge in [0.2, 0.25) is 0 Å². The third-order valence-corrected chi connectivity index (χ3v) is 3.93. The lowest BCUT2D eigenvalue weighted by atomic mass is 9.95. The second kappa shape index (κ2) is 6.89. The average molecular weight is 311 g/mol. The van der Waals surface area contributed by atoms with Gasteiger partial charge >= 0.3 is 11.7 Å². The number of methoxy groups -OCH3 is 1. The molecule has 1 aromatic heterocycles. The van der Waals surface area contributed by atoms with Gasteiger partial charge in [-0.15, -0.1) is 0 Å². The topological polar surface area (TPSA) is 116 Å². The quantitative estimate of drug-likeness (QED) is 0.719. The summed E-state index contributed by atoms with van der Waals surface area (Å²) in [6, 6.07) is 0. The monoisotopic (exact) mass is 311 g/mol. The Morgan fingerprint density at radius 3 is 2.91 bits per heavy atom. The maximum Gasteiger partial charge on any atom is 0.330 e. The molecule has 0 spiro atoms. The van der Waals surface area contributed by atoms with Crippen LogP contribution in [-0.4, -0.2) is 35.3 Å². The Bertz CT molecular complexity index is 651. The standard InChI is InChI=1S/C14H21N3O5/c1-8-7-17(14(20)16-13(8)19)11-5-9(6-12(18)21-2)10(22-11)3-4-15/h7,9-11H,3-6,15H2,1-2H3,(H,16,19,20)/t9-,10-,11-/m1/s1. The van der Waals surface area contributed by atoms with Crippen molar-refractivity contribution in [3.05, 3.63) is 32.6 Å². The molecule has 0 aromatic carbocycles. The zero-order valence-corrected chi connectivity index (χ0v) is 12.7. The van der Waals surface area contributed by atoms with Crippen LogP contribution in [0.3, 0.4) is 0 Å². The van der Waals surface area contributed by atoms with Gasteiger partial charge in [-0.05, 0) is 32.2 Å². The highest BCUT2D eigenvalue weighted by Gasteiger charge is 2.37. The van der Waals surface area contributed by atoms with Crippen molar-refractivity contribution in [2.75, 3.05) is 13.7 Å². The van der Waals surface area contributed by atoms with Crippen LogP contribution < -0.4 is 17.0 Å². The molecule has 0 amide bonds.